The first-order chi connectivity index (χ1) is 19.9. The monoisotopic (exact) mass is 552 g/mol. The van der Waals surface area contributed by atoms with Gasteiger partial charge in [-0.2, -0.15) is 0 Å². The van der Waals surface area contributed by atoms with E-state index in [0.717, 1.165) is 59.1 Å². The summed E-state index contributed by atoms with van der Waals surface area (Å²) in [5, 5.41) is 1.01. The third-order valence-corrected chi connectivity index (χ3v) is 7.90. The molecule has 0 N–H and O–H groups in total. The summed E-state index contributed by atoms with van der Waals surface area (Å²) >= 11 is 0. The van der Waals surface area contributed by atoms with Crippen LogP contribution in [0, 0.1) is 6.92 Å². The molecule has 0 radical (unpaired) electrons. The van der Waals surface area contributed by atoms with Crippen LogP contribution in [-0.2, 0) is 26.4 Å². The Kier molecular flexibility index (Phi) is 7.88. The molecule has 212 valence electrons. The van der Waals surface area contributed by atoms with Crippen molar-refractivity contribution in [3.63, 3.8) is 0 Å². The second kappa shape index (κ2) is 11.5. The lowest BCUT2D eigenvalue weighted by molar-refractivity contribution is -0.138. The number of carbonyl (C=O) groups is 2. The largest absolute Gasteiger partial charge is 0.489 e. The Bertz CT molecular complexity index is 1620. The second-order valence-electron chi connectivity index (χ2n) is 9.91. The summed E-state index contributed by atoms with van der Waals surface area (Å²) in [6, 6.07) is 21.8. The van der Waals surface area contributed by atoms with Gasteiger partial charge in [-0.15, -0.1) is 0 Å². The van der Waals surface area contributed by atoms with Crippen molar-refractivity contribution in [1.82, 2.24) is 4.57 Å². The molecular weight excluding hydrogens is 516 g/mol. The summed E-state index contributed by atoms with van der Waals surface area (Å²) < 4.78 is 20.4. The number of para-hydroxylation sites is 1. The minimum absolute atomic E-state index is 0.0529. The Hall–Kier alpha value is -4.52. The van der Waals surface area contributed by atoms with Gasteiger partial charge in [-0.1, -0.05) is 43.0 Å². The van der Waals surface area contributed by atoms with Gasteiger partial charge in [0.25, 0.3) is 0 Å². The number of cyclic esters (lactones) is 1. The van der Waals surface area contributed by atoms with E-state index in [4.69, 9.17) is 14.2 Å². The third kappa shape index (κ3) is 4.65. The van der Waals surface area contributed by atoms with E-state index in [2.05, 4.69) is 61.9 Å². The number of fused-ring (bicyclic) bond motifs is 2. The first-order valence-corrected chi connectivity index (χ1v) is 14.1. The van der Waals surface area contributed by atoms with Gasteiger partial charge < -0.3 is 23.7 Å². The predicted octanol–water partition coefficient (Wildman–Crippen LogP) is 6.39. The first-order valence-electron chi connectivity index (χ1n) is 14.1. The van der Waals surface area contributed by atoms with Crippen molar-refractivity contribution in [2.45, 2.75) is 39.8 Å². The van der Waals surface area contributed by atoms with E-state index in [-0.39, 0.29) is 19.2 Å². The second-order valence-corrected chi connectivity index (χ2v) is 9.91. The van der Waals surface area contributed by atoms with Crippen LogP contribution in [0.4, 0.5) is 5.69 Å². The maximum absolute atomic E-state index is 13.6. The summed E-state index contributed by atoms with van der Waals surface area (Å²) in [7, 11) is 0. The molecule has 1 aromatic heterocycles. The van der Waals surface area contributed by atoms with Crippen LogP contribution in [0.1, 0.15) is 53.5 Å². The lowest BCUT2D eigenvalue weighted by atomic mass is 9.78. The number of rotatable bonds is 11. The molecule has 7 nitrogen and oxygen atoms in total. The van der Waals surface area contributed by atoms with Crippen molar-refractivity contribution in [3.8, 4) is 5.75 Å². The van der Waals surface area contributed by atoms with Gasteiger partial charge in [-0.3, -0.25) is 0 Å². The standard InChI is InChI=1S/C34H36N2O5/c1-6-31(37)40-21-20-39-30-22-24(35(7-2)8-3)18-19-28(30)34(27-16-12-10-14-25(27)33(38)41-34)32-23(5)36(9-4)29-17-13-11-15-26(29)32/h6,10-19,22H,1,7-9,20-21H2,2-5H3. The highest BCUT2D eigenvalue weighted by Crippen LogP contribution is 2.53. The zero-order chi connectivity index (χ0) is 29.1. The highest BCUT2D eigenvalue weighted by Gasteiger charge is 2.52. The highest BCUT2D eigenvalue weighted by molar-refractivity contribution is 5.99. The summed E-state index contributed by atoms with van der Waals surface area (Å²) in [5.41, 5.74) is 4.72. The van der Waals surface area contributed by atoms with Gasteiger partial charge in [0.2, 0.25) is 0 Å². The Balaban J connectivity index is 1.79. The summed E-state index contributed by atoms with van der Waals surface area (Å²) in [6.45, 7) is 14.4. The molecule has 0 amide bonds. The van der Waals surface area contributed by atoms with Crippen LogP contribution in [-0.4, -0.2) is 42.8 Å². The number of esters is 2. The van der Waals surface area contributed by atoms with E-state index in [1.807, 2.05) is 48.5 Å². The maximum Gasteiger partial charge on any atom is 0.340 e. The van der Waals surface area contributed by atoms with E-state index < -0.39 is 11.6 Å². The van der Waals surface area contributed by atoms with Gasteiger partial charge in [0.05, 0.1) is 5.56 Å². The molecule has 0 saturated heterocycles. The molecule has 1 aliphatic rings. The molecule has 3 aromatic carbocycles. The van der Waals surface area contributed by atoms with E-state index >= 15 is 0 Å². The molecule has 0 fully saturated rings. The van der Waals surface area contributed by atoms with Gasteiger partial charge in [-0.05, 0) is 52.0 Å². The minimum Gasteiger partial charge on any atom is -0.489 e. The number of hydrogen-bond acceptors (Lipinski definition) is 6. The first kappa shape index (κ1) is 28.0. The van der Waals surface area contributed by atoms with Crippen molar-refractivity contribution in [3.05, 3.63) is 107 Å². The quantitative estimate of drug-likeness (QED) is 0.122. The van der Waals surface area contributed by atoms with Gasteiger partial charge in [0.1, 0.15) is 19.0 Å². The number of aromatic nitrogens is 1. The summed E-state index contributed by atoms with van der Waals surface area (Å²) in [6.07, 6.45) is 1.13. The van der Waals surface area contributed by atoms with Crippen molar-refractivity contribution < 1.29 is 23.8 Å². The third-order valence-electron chi connectivity index (χ3n) is 7.90. The fourth-order valence-corrected chi connectivity index (χ4v) is 6.08. The lowest BCUT2D eigenvalue weighted by Gasteiger charge is -2.33. The van der Waals surface area contributed by atoms with Crippen molar-refractivity contribution in [2.24, 2.45) is 0 Å². The van der Waals surface area contributed by atoms with E-state index in [9.17, 15) is 9.59 Å². The summed E-state index contributed by atoms with van der Waals surface area (Å²) in [5.74, 6) is -0.336. The van der Waals surface area contributed by atoms with Gasteiger partial charge in [0.15, 0.2) is 5.60 Å². The molecule has 1 unspecified atom stereocenters. The number of hydrogen-bond donors (Lipinski definition) is 0. The molecule has 0 bridgehead atoms. The smallest absolute Gasteiger partial charge is 0.340 e. The van der Waals surface area contributed by atoms with E-state index in [1.54, 1.807) is 0 Å². The Morgan fingerprint density at radius 1 is 1.00 bits per heavy atom. The van der Waals surface area contributed by atoms with Crippen LogP contribution in [0.5, 0.6) is 5.75 Å². The molecule has 1 aliphatic heterocycles. The van der Waals surface area contributed by atoms with Crippen molar-refractivity contribution in [2.75, 3.05) is 31.2 Å². The van der Waals surface area contributed by atoms with Gasteiger partial charge >= 0.3 is 11.9 Å². The molecule has 41 heavy (non-hydrogen) atoms. The minimum atomic E-state index is -1.26. The number of carbonyl (C=O) groups excluding carboxylic acids is 2. The Morgan fingerprint density at radius 2 is 1.73 bits per heavy atom. The molecule has 7 heteroatoms. The average Bonchev–Trinajstić information content (AvgIpc) is 3.46. The molecular formula is C34H36N2O5. The number of nitrogens with zero attached hydrogens (tertiary/aromatic N) is 2. The van der Waals surface area contributed by atoms with Gasteiger partial charge in [-0.25, -0.2) is 9.59 Å². The molecule has 0 saturated carbocycles. The number of ether oxygens (including phenoxy) is 3. The van der Waals surface area contributed by atoms with Crippen LogP contribution in [0.15, 0.2) is 79.4 Å². The normalized spacial score (nSPS) is 15.9. The van der Waals surface area contributed by atoms with E-state index in [0.29, 0.717) is 16.9 Å². The van der Waals surface area contributed by atoms with Crippen molar-refractivity contribution >= 4 is 28.5 Å². The number of anilines is 1. The fourth-order valence-electron chi connectivity index (χ4n) is 6.08. The Morgan fingerprint density at radius 3 is 2.46 bits per heavy atom. The maximum atomic E-state index is 13.6. The predicted molar refractivity (Wildman–Crippen MR) is 161 cm³/mol. The average molecular weight is 553 g/mol. The highest BCUT2D eigenvalue weighted by atomic mass is 16.6. The molecule has 2 heterocycles. The molecule has 5 rings (SSSR count). The van der Waals surface area contributed by atoms with Crippen LogP contribution in [0.25, 0.3) is 10.9 Å². The fraction of sp³-hybridized carbons (Fsp3) is 0.294. The molecule has 4 aromatic rings. The Labute approximate surface area is 240 Å². The van der Waals surface area contributed by atoms with E-state index in [1.165, 1.54) is 0 Å². The van der Waals surface area contributed by atoms with Crippen LogP contribution < -0.4 is 9.64 Å². The van der Waals surface area contributed by atoms with Crippen LogP contribution >= 0.6 is 0 Å². The molecule has 0 aliphatic carbocycles. The molecule has 1 atom stereocenters. The zero-order valence-corrected chi connectivity index (χ0v) is 24.1. The number of aryl methyl sites for hydroxylation is 1. The number of benzene rings is 3. The van der Waals surface area contributed by atoms with Crippen LogP contribution in [0.2, 0.25) is 0 Å². The van der Waals surface area contributed by atoms with Gasteiger partial charge in [0, 0.05) is 70.8 Å². The SMILES string of the molecule is C=CC(=O)OCCOc1cc(N(CC)CC)ccc1C1(c2c(C)n(CC)c3ccccc23)OC(=O)c2ccccc21. The van der Waals surface area contributed by atoms with Crippen LogP contribution in [0.3, 0.4) is 0 Å². The summed E-state index contributed by atoms with van der Waals surface area (Å²) in [4.78, 5) is 27.4. The van der Waals surface area contributed by atoms with Crippen molar-refractivity contribution in [1.29, 1.82) is 0 Å². The topological polar surface area (TPSA) is 70.0 Å². The lowest BCUT2D eigenvalue weighted by Crippen LogP contribution is -2.32. The zero-order valence-electron chi connectivity index (χ0n) is 24.1. The molecule has 0 spiro atoms.